The molecule has 0 spiro atoms. The normalized spacial score (nSPS) is 12.6. The third-order valence-electron chi connectivity index (χ3n) is 6.05. The van der Waals surface area contributed by atoms with Crippen molar-refractivity contribution in [2.24, 2.45) is 0 Å². The zero-order valence-electron chi connectivity index (χ0n) is 22.7. The largest absolute Gasteiger partial charge is 0.350 e. The number of sulfonamides is 1. The average Bonchev–Trinajstić information content (AvgIpc) is 2.79. The summed E-state index contributed by atoms with van der Waals surface area (Å²) in [5.74, 6) is -0.414. The summed E-state index contributed by atoms with van der Waals surface area (Å²) in [7, 11) is -3.52. The fraction of sp³-hybridized carbons (Fsp3) is 0.500. The topological polar surface area (TPSA) is 86.8 Å². The first-order chi connectivity index (χ1) is 16.7. The summed E-state index contributed by atoms with van der Waals surface area (Å²) in [6.45, 7) is 11.9. The van der Waals surface area contributed by atoms with Crippen molar-refractivity contribution in [2.75, 3.05) is 17.1 Å². The second-order valence-corrected chi connectivity index (χ2v) is 12.2. The monoisotopic (exact) mass is 515 g/mol. The molecule has 198 valence electrons. The summed E-state index contributed by atoms with van der Waals surface area (Å²) in [5.41, 5.74) is 3.28. The Morgan fingerprint density at radius 2 is 1.64 bits per heavy atom. The minimum Gasteiger partial charge on any atom is -0.350 e. The van der Waals surface area contributed by atoms with Gasteiger partial charge in [0.2, 0.25) is 21.8 Å². The van der Waals surface area contributed by atoms with Crippen molar-refractivity contribution in [2.45, 2.75) is 78.9 Å². The van der Waals surface area contributed by atoms with E-state index < -0.39 is 21.6 Å². The lowest BCUT2D eigenvalue weighted by Gasteiger charge is -2.32. The van der Waals surface area contributed by atoms with Gasteiger partial charge in [0.1, 0.15) is 6.04 Å². The van der Waals surface area contributed by atoms with Gasteiger partial charge in [0.15, 0.2) is 0 Å². The third kappa shape index (κ3) is 8.66. The molecule has 0 aliphatic carbocycles. The van der Waals surface area contributed by atoms with Crippen LogP contribution in [0.2, 0.25) is 0 Å². The number of anilines is 1. The van der Waals surface area contributed by atoms with E-state index >= 15 is 0 Å². The van der Waals surface area contributed by atoms with Gasteiger partial charge in [-0.1, -0.05) is 43.3 Å². The molecule has 36 heavy (non-hydrogen) atoms. The highest BCUT2D eigenvalue weighted by molar-refractivity contribution is 7.92. The van der Waals surface area contributed by atoms with Crippen LogP contribution in [-0.2, 0) is 32.6 Å². The van der Waals surface area contributed by atoms with Gasteiger partial charge in [0.25, 0.3) is 0 Å². The van der Waals surface area contributed by atoms with Crippen LogP contribution in [0.1, 0.15) is 64.2 Å². The first kappa shape index (κ1) is 29.4. The minimum absolute atomic E-state index is 0.123. The molecular weight excluding hydrogens is 474 g/mol. The number of hydrogen-bond acceptors (Lipinski definition) is 4. The Morgan fingerprint density at radius 1 is 1.03 bits per heavy atom. The Balaban J connectivity index is 2.19. The Morgan fingerprint density at radius 3 is 2.17 bits per heavy atom. The third-order valence-corrected chi connectivity index (χ3v) is 7.25. The van der Waals surface area contributed by atoms with Crippen LogP contribution in [0.25, 0.3) is 0 Å². The maximum atomic E-state index is 13.4. The molecule has 0 saturated carbocycles. The lowest BCUT2D eigenvalue weighted by atomic mass is 10.1. The van der Waals surface area contributed by atoms with Crippen LogP contribution < -0.4 is 9.62 Å². The van der Waals surface area contributed by atoms with Gasteiger partial charge in [-0.25, -0.2) is 8.42 Å². The quantitative estimate of drug-likeness (QED) is 0.479. The number of aryl methyl sites for hydroxylation is 2. The second kappa shape index (κ2) is 12.4. The van der Waals surface area contributed by atoms with Crippen molar-refractivity contribution in [3.63, 3.8) is 0 Å². The molecule has 0 saturated heterocycles. The maximum absolute atomic E-state index is 13.4. The molecule has 0 aliphatic rings. The molecule has 7 nitrogen and oxygen atoms in total. The number of carbonyl (C=O) groups excluding carboxylic acids is 2. The summed E-state index contributed by atoms with van der Waals surface area (Å²) in [6.07, 6.45) is 2.49. The van der Waals surface area contributed by atoms with Crippen LogP contribution in [0.4, 0.5) is 5.69 Å². The number of nitrogens with zero attached hydrogens (tertiary/aromatic N) is 2. The predicted molar refractivity (Wildman–Crippen MR) is 146 cm³/mol. The Bertz CT molecular complexity index is 1140. The molecule has 2 rings (SSSR count). The van der Waals surface area contributed by atoms with Crippen LogP contribution in [0.3, 0.4) is 0 Å². The fourth-order valence-electron chi connectivity index (χ4n) is 3.93. The summed E-state index contributed by atoms with van der Waals surface area (Å²) in [5, 5.41) is 2.96. The molecule has 2 amide bonds. The molecule has 8 heteroatoms. The molecule has 0 aliphatic heterocycles. The van der Waals surface area contributed by atoms with Crippen LogP contribution >= 0.6 is 0 Å². The van der Waals surface area contributed by atoms with Gasteiger partial charge in [-0.15, -0.1) is 0 Å². The summed E-state index contributed by atoms with van der Waals surface area (Å²) in [4.78, 5) is 27.9. The molecule has 0 fully saturated rings. The number of rotatable bonds is 11. The summed E-state index contributed by atoms with van der Waals surface area (Å²) < 4.78 is 26.3. The van der Waals surface area contributed by atoms with Crippen molar-refractivity contribution in [1.82, 2.24) is 10.2 Å². The van der Waals surface area contributed by atoms with Crippen LogP contribution in [0, 0.1) is 6.92 Å². The molecule has 1 N–H and O–H groups in total. The molecule has 0 heterocycles. The fourth-order valence-corrected chi connectivity index (χ4v) is 4.89. The number of hydrogen-bond donors (Lipinski definition) is 1. The van der Waals surface area contributed by atoms with E-state index in [0.717, 1.165) is 23.1 Å². The zero-order valence-corrected chi connectivity index (χ0v) is 23.5. The van der Waals surface area contributed by atoms with Gasteiger partial charge >= 0.3 is 0 Å². The minimum atomic E-state index is -3.52. The van der Waals surface area contributed by atoms with Gasteiger partial charge in [0, 0.05) is 25.0 Å². The van der Waals surface area contributed by atoms with E-state index in [-0.39, 0.29) is 24.8 Å². The van der Waals surface area contributed by atoms with Gasteiger partial charge in [-0.3, -0.25) is 13.9 Å². The highest BCUT2D eigenvalue weighted by Gasteiger charge is 2.29. The van der Waals surface area contributed by atoms with Gasteiger partial charge in [-0.05, 0) is 76.3 Å². The van der Waals surface area contributed by atoms with Crippen molar-refractivity contribution in [1.29, 1.82) is 0 Å². The lowest BCUT2D eigenvalue weighted by Crippen LogP contribution is -2.52. The van der Waals surface area contributed by atoms with E-state index in [1.54, 1.807) is 24.0 Å². The van der Waals surface area contributed by atoms with Crippen LogP contribution in [0.15, 0.2) is 48.5 Å². The Kier molecular flexibility index (Phi) is 10.1. The molecule has 2 aromatic carbocycles. The van der Waals surface area contributed by atoms with Crippen LogP contribution in [0.5, 0.6) is 0 Å². The molecular formula is C28H41N3O4S. The first-order valence-corrected chi connectivity index (χ1v) is 14.3. The molecule has 2 aromatic rings. The summed E-state index contributed by atoms with van der Waals surface area (Å²) in [6, 6.07) is 14.5. The molecule has 0 unspecified atom stereocenters. The summed E-state index contributed by atoms with van der Waals surface area (Å²) >= 11 is 0. The van der Waals surface area contributed by atoms with E-state index in [2.05, 4.69) is 5.32 Å². The first-order valence-electron chi connectivity index (χ1n) is 12.5. The van der Waals surface area contributed by atoms with Crippen molar-refractivity contribution >= 4 is 27.5 Å². The van der Waals surface area contributed by atoms with Crippen molar-refractivity contribution in [3.8, 4) is 0 Å². The predicted octanol–water partition coefficient (Wildman–Crippen LogP) is 4.44. The maximum Gasteiger partial charge on any atom is 0.242 e. The Hall–Kier alpha value is -2.87. The lowest BCUT2D eigenvalue weighted by molar-refractivity contribution is -0.141. The van der Waals surface area contributed by atoms with E-state index in [1.165, 1.54) is 10.6 Å². The number of carbonyl (C=O) groups is 2. The SMILES string of the molecule is CCc1ccc(N(CCCC(=O)N(Cc2ccccc2C)[C@@H](C)C(=O)NC(C)(C)C)S(C)(=O)=O)cc1. The van der Waals surface area contributed by atoms with E-state index in [0.29, 0.717) is 18.7 Å². The second-order valence-electron chi connectivity index (χ2n) is 10.3. The Labute approximate surface area is 216 Å². The molecule has 1 atom stereocenters. The number of nitrogens with one attached hydrogen (secondary N) is 1. The molecule has 0 bridgehead atoms. The van der Waals surface area contributed by atoms with Gasteiger partial charge in [0.05, 0.1) is 11.9 Å². The molecule has 0 aromatic heterocycles. The van der Waals surface area contributed by atoms with Gasteiger partial charge in [-0.2, -0.15) is 0 Å². The van der Waals surface area contributed by atoms with E-state index in [9.17, 15) is 18.0 Å². The number of amides is 2. The van der Waals surface area contributed by atoms with Gasteiger partial charge < -0.3 is 10.2 Å². The van der Waals surface area contributed by atoms with E-state index in [1.807, 2.05) is 71.0 Å². The van der Waals surface area contributed by atoms with Crippen LogP contribution in [-0.4, -0.2) is 49.5 Å². The highest BCUT2D eigenvalue weighted by atomic mass is 32.2. The van der Waals surface area contributed by atoms with E-state index in [4.69, 9.17) is 0 Å². The molecule has 0 radical (unpaired) electrons. The highest BCUT2D eigenvalue weighted by Crippen LogP contribution is 2.21. The standard InChI is InChI=1S/C28H41N3O4S/c1-8-23-15-17-25(18-16-23)31(36(7,34)35)19-11-14-26(32)30(20-24-13-10-9-12-21(24)2)22(3)27(33)29-28(4,5)6/h9-10,12-13,15-18,22H,8,11,14,19-20H2,1-7H3,(H,29,33)/t22-/m0/s1. The average molecular weight is 516 g/mol. The number of benzene rings is 2. The zero-order chi connectivity index (χ0) is 27.1. The smallest absolute Gasteiger partial charge is 0.242 e. The van der Waals surface area contributed by atoms with Crippen molar-refractivity contribution in [3.05, 3.63) is 65.2 Å². The van der Waals surface area contributed by atoms with Crippen molar-refractivity contribution < 1.29 is 18.0 Å².